The van der Waals surface area contributed by atoms with Crippen molar-refractivity contribution in [2.24, 2.45) is 0 Å². The molecule has 1 N–H and O–H groups in total. The van der Waals surface area contributed by atoms with Crippen LogP contribution in [-0.2, 0) is 0 Å². The van der Waals surface area contributed by atoms with Gasteiger partial charge >= 0.3 is 0 Å². The van der Waals surface area contributed by atoms with Crippen molar-refractivity contribution in [3.05, 3.63) is 52.3 Å². The zero-order chi connectivity index (χ0) is 18.4. The van der Waals surface area contributed by atoms with Crippen molar-refractivity contribution in [2.45, 2.75) is 26.7 Å². The Balaban J connectivity index is 2.25. The molecule has 0 aliphatic heterocycles. The van der Waals surface area contributed by atoms with Crippen LogP contribution < -0.4 is 14.8 Å². The van der Waals surface area contributed by atoms with Crippen LogP contribution in [0.2, 0.25) is 5.02 Å². The van der Waals surface area contributed by atoms with Gasteiger partial charge in [-0.3, -0.25) is 4.79 Å². The summed E-state index contributed by atoms with van der Waals surface area (Å²) in [5.41, 5.74) is 1.46. The molecule has 0 radical (unpaired) electrons. The van der Waals surface area contributed by atoms with Crippen LogP contribution in [-0.4, -0.2) is 19.6 Å². The van der Waals surface area contributed by atoms with E-state index in [1.54, 1.807) is 19.1 Å². The van der Waals surface area contributed by atoms with Crippen molar-refractivity contribution in [1.82, 2.24) is 0 Å². The molecule has 1 amide bonds. The van der Waals surface area contributed by atoms with Gasteiger partial charge < -0.3 is 14.8 Å². The first-order valence-corrected chi connectivity index (χ1v) is 8.42. The second-order valence-corrected chi connectivity index (χ2v) is 6.01. The number of methoxy groups -OCH3 is 1. The van der Waals surface area contributed by atoms with E-state index in [2.05, 4.69) is 12.2 Å². The fourth-order valence-electron chi connectivity index (χ4n) is 2.23. The number of halogens is 2. The summed E-state index contributed by atoms with van der Waals surface area (Å²) in [6, 6.07) is 7.28. The predicted molar refractivity (Wildman–Crippen MR) is 97.5 cm³/mol. The molecule has 0 unspecified atom stereocenters. The molecule has 25 heavy (non-hydrogen) atoms. The molecule has 2 aromatic rings. The summed E-state index contributed by atoms with van der Waals surface area (Å²) in [6.07, 6.45) is 1.88. The Morgan fingerprint density at radius 3 is 2.72 bits per heavy atom. The van der Waals surface area contributed by atoms with Gasteiger partial charge in [0.05, 0.1) is 18.7 Å². The van der Waals surface area contributed by atoms with Gasteiger partial charge in [-0.15, -0.1) is 0 Å². The normalized spacial score (nSPS) is 10.4. The van der Waals surface area contributed by atoms with Gasteiger partial charge in [-0.2, -0.15) is 0 Å². The van der Waals surface area contributed by atoms with Gasteiger partial charge in [0.25, 0.3) is 5.91 Å². The Kier molecular flexibility index (Phi) is 6.65. The number of hydrogen-bond donors (Lipinski definition) is 1. The topological polar surface area (TPSA) is 47.6 Å². The summed E-state index contributed by atoms with van der Waals surface area (Å²) in [4.78, 5) is 12.5. The van der Waals surface area contributed by atoms with Crippen LogP contribution in [0, 0.1) is 12.7 Å². The van der Waals surface area contributed by atoms with E-state index in [9.17, 15) is 9.18 Å². The van der Waals surface area contributed by atoms with Crippen molar-refractivity contribution in [3.8, 4) is 11.5 Å². The average Bonchev–Trinajstić information content (AvgIpc) is 2.59. The lowest BCUT2D eigenvalue weighted by Crippen LogP contribution is -2.13. The van der Waals surface area contributed by atoms with Gasteiger partial charge in [0.15, 0.2) is 11.5 Å². The Bertz CT molecular complexity index is 765. The Hall–Kier alpha value is -2.27. The monoisotopic (exact) mass is 365 g/mol. The number of benzene rings is 2. The number of amides is 1. The number of carbonyl (C=O) groups is 1. The van der Waals surface area contributed by atoms with Gasteiger partial charge in [-0.25, -0.2) is 4.39 Å². The third-order valence-corrected chi connectivity index (χ3v) is 3.96. The highest BCUT2D eigenvalue weighted by molar-refractivity contribution is 6.32. The summed E-state index contributed by atoms with van der Waals surface area (Å²) in [5.74, 6) is -0.0361. The second kappa shape index (κ2) is 8.72. The SMILES string of the molecule is CCCCOc1c(Cl)cc(C(=O)Nc2cc(F)ccc2C)cc1OC. The summed E-state index contributed by atoms with van der Waals surface area (Å²) in [5, 5.41) is 2.97. The fraction of sp³-hybridized carbons (Fsp3) is 0.316. The van der Waals surface area contributed by atoms with Crippen LogP contribution in [0.5, 0.6) is 11.5 Å². The molecule has 0 heterocycles. The van der Waals surface area contributed by atoms with E-state index in [0.717, 1.165) is 18.4 Å². The van der Waals surface area contributed by atoms with E-state index in [4.69, 9.17) is 21.1 Å². The number of hydrogen-bond acceptors (Lipinski definition) is 3. The molecule has 0 aliphatic rings. The largest absolute Gasteiger partial charge is 0.493 e. The van der Waals surface area contributed by atoms with Crippen molar-refractivity contribution >= 4 is 23.2 Å². The van der Waals surface area contributed by atoms with Gasteiger partial charge in [-0.1, -0.05) is 31.0 Å². The highest BCUT2D eigenvalue weighted by Gasteiger charge is 2.16. The van der Waals surface area contributed by atoms with Crippen LogP contribution in [0.3, 0.4) is 0 Å². The molecular formula is C19H21ClFNO3. The Morgan fingerprint density at radius 2 is 2.04 bits per heavy atom. The van der Waals surface area contributed by atoms with Crippen molar-refractivity contribution in [1.29, 1.82) is 0 Å². The maximum Gasteiger partial charge on any atom is 0.255 e. The zero-order valence-corrected chi connectivity index (χ0v) is 15.2. The quantitative estimate of drug-likeness (QED) is 0.683. The Labute approximate surface area is 151 Å². The Morgan fingerprint density at radius 1 is 1.28 bits per heavy atom. The lowest BCUT2D eigenvalue weighted by Gasteiger charge is -2.14. The molecule has 6 heteroatoms. The molecule has 0 saturated heterocycles. The van der Waals surface area contributed by atoms with E-state index in [1.165, 1.54) is 25.3 Å². The predicted octanol–water partition coefficient (Wildman–Crippen LogP) is 5.23. The van der Waals surface area contributed by atoms with Crippen LogP contribution in [0.4, 0.5) is 10.1 Å². The van der Waals surface area contributed by atoms with Gasteiger partial charge in [0.1, 0.15) is 5.82 Å². The maximum absolute atomic E-state index is 13.4. The number of carbonyl (C=O) groups excluding carboxylic acids is 1. The number of anilines is 1. The molecule has 2 aromatic carbocycles. The van der Waals surface area contributed by atoms with Crippen molar-refractivity contribution in [3.63, 3.8) is 0 Å². The summed E-state index contributed by atoms with van der Waals surface area (Å²) < 4.78 is 24.3. The maximum atomic E-state index is 13.4. The standard InChI is InChI=1S/C19H21ClFNO3/c1-4-5-8-25-18-15(20)9-13(10-17(18)24-3)19(23)22-16-11-14(21)7-6-12(16)2/h6-7,9-11H,4-5,8H2,1-3H3,(H,22,23). The molecule has 0 saturated carbocycles. The van der Waals surface area contributed by atoms with Crippen LogP contribution in [0.1, 0.15) is 35.7 Å². The first-order chi connectivity index (χ1) is 12.0. The third-order valence-electron chi connectivity index (χ3n) is 3.68. The first-order valence-electron chi connectivity index (χ1n) is 8.04. The lowest BCUT2D eigenvalue weighted by molar-refractivity contribution is 0.102. The minimum atomic E-state index is -0.420. The molecule has 0 atom stereocenters. The molecule has 2 rings (SSSR count). The van der Waals surface area contributed by atoms with Crippen molar-refractivity contribution < 1.29 is 18.7 Å². The molecule has 0 aliphatic carbocycles. The van der Waals surface area contributed by atoms with Crippen LogP contribution in [0.25, 0.3) is 0 Å². The van der Waals surface area contributed by atoms with E-state index >= 15 is 0 Å². The summed E-state index contributed by atoms with van der Waals surface area (Å²) in [6.45, 7) is 4.36. The minimum Gasteiger partial charge on any atom is -0.493 e. The van der Waals surface area contributed by atoms with Crippen LogP contribution in [0.15, 0.2) is 30.3 Å². The summed E-state index contributed by atoms with van der Waals surface area (Å²) >= 11 is 6.25. The summed E-state index contributed by atoms with van der Waals surface area (Å²) in [7, 11) is 1.48. The smallest absolute Gasteiger partial charge is 0.255 e. The number of ether oxygens (including phenoxy) is 2. The van der Waals surface area contributed by atoms with E-state index < -0.39 is 11.7 Å². The average molecular weight is 366 g/mol. The van der Waals surface area contributed by atoms with Crippen molar-refractivity contribution in [2.75, 3.05) is 19.0 Å². The van der Waals surface area contributed by atoms with E-state index in [0.29, 0.717) is 29.4 Å². The highest BCUT2D eigenvalue weighted by atomic mass is 35.5. The van der Waals surface area contributed by atoms with Gasteiger partial charge in [0, 0.05) is 11.3 Å². The molecule has 134 valence electrons. The fourth-order valence-corrected chi connectivity index (χ4v) is 2.50. The molecule has 4 nitrogen and oxygen atoms in total. The van der Waals surface area contributed by atoms with E-state index in [-0.39, 0.29) is 5.02 Å². The third kappa shape index (κ3) is 4.86. The number of rotatable bonds is 7. The second-order valence-electron chi connectivity index (χ2n) is 5.60. The molecule has 0 spiro atoms. The highest BCUT2D eigenvalue weighted by Crippen LogP contribution is 2.36. The van der Waals surface area contributed by atoms with Gasteiger partial charge in [0.2, 0.25) is 0 Å². The van der Waals surface area contributed by atoms with Crippen LogP contribution >= 0.6 is 11.6 Å². The molecular weight excluding hydrogens is 345 g/mol. The molecule has 0 aromatic heterocycles. The first kappa shape index (κ1) is 19.1. The number of unbranched alkanes of at least 4 members (excludes halogenated alkanes) is 1. The molecule has 0 fully saturated rings. The van der Waals surface area contributed by atoms with E-state index in [1.807, 2.05) is 0 Å². The number of aryl methyl sites for hydroxylation is 1. The minimum absolute atomic E-state index is 0.288. The molecule has 0 bridgehead atoms. The zero-order valence-electron chi connectivity index (χ0n) is 14.5. The lowest BCUT2D eigenvalue weighted by atomic mass is 10.1. The van der Waals surface area contributed by atoms with Gasteiger partial charge in [-0.05, 0) is 43.2 Å². The number of nitrogens with one attached hydrogen (secondary N) is 1.